The van der Waals surface area contributed by atoms with E-state index in [0.717, 1.165) is 12.1 Å². The van der Waals surface area contributed by atoms with Crippen molar-refractivity contribution in [3.63, 3.8) is 0 Å². The molecule has 122 valence electrons. The van der Waals surface area contributed by atoms with Crippen LogP contribution in [-0.4, -0.2) is 15.9 Å². The molecule has 0 aliphatic heterocycles. The molecule has 2 aromatic heterocycles. The van der Waals surface area contributed by atoms with E-state index < -0.39 is 23.1 Å². The Balaban J connectivity index is 1.88. The molecular formula is C16H10F3N3O2. The molecular weight excluding hydrogens is 323 g/mol. The molecule has 8 heteroatoms. The number of benzene rings is 1. The molecule has 0 bridgehead atoms. The van der Waals surface area contributed by atoms with E-state index >= 15 is 0 Å². The van der Waals surface area contributed by atoms with Gasteiger partial charge >= 0.3 is 6.18 Å². The van der Waals surface area contributed by atoms with Crippen molar-refractivity contribution in [1.29, 1.82) is 0 Å². The molecule has 3 aromatic rings. The van der Waals surface area contributed by atoms with Crippen LogP contribution >= 0.6 is 0 Å². The van der Waals surface area contributed by atoms with Gasteiger partial charge in [-0.3, -0.25) is 9.59 Å². The van der Waals surface area contributed by atoms with Gasteiger partial charge in [0.1, 0.15) is 11.4 Å². The molecule has 2 heterocycles. The number of anilines is 1. The second-order valence-corrected chi connectivity index (χ2v) is 4.96. The van der Waals surface area contributed by atoms with E-state index in [0.29, 0.717) is 17.1 Å². The molecule has 24 heavy (non-hydrogen) atoms. The SMILES string of the molecule is O=C(Nc1ccc(C(F)(F)F)cn1)c1c[nH]c2ccccc2c1=O. The van der Waals surface area contributed by atoms with E-state index in [1.807, 2.05) is 0 Å². The van der Waals surface area contributed by atoms with Crippen LogP contribution in [0.4, 0.5) is 19.0 Å². The van der Waals surface area contributed by atoms with Gasteiger partial charge in [-0.2, -0.15) is 13.2 Å². The molecule has 3 rings (SSSR count). The summed E-state index contributed by atoms with van der Waals surface area (Å²) in [6.45, 7) is 0. The maximum Gasteiger partial charge on any atom is 0.417 e. The lowest BCUT2D eigenvalue weighted by molar-refractivity contribution is -0.137. The van der Waals surface area contributed by atoms with Gasteiger partial charge in [0.15, 0.2) is 0 Å². The molecule has 1 aromatic carbocycles. The van der Waals surface area contributed by atoms with Gasteiger partial charge in [0.05, 0.1) is 5.56 Å². The first kappa shape index (κ1) is 15.7. The molecule has 0 radical (unpaired) electrons. The largest absolute Gasteiger partial charge is 0.417 e. The highest BCUT2D eigenvalue weighted by molar-refractivity contribution is 6.05. The van der Waals surface area contributed by atoms with Crippen LogP contribution < -0.4 is 10.7 Å². The minimum Gasteiger partial charge on any atom is -0.360 e. The first-order valence-electron chi connectivity index (χ1n) is 6.81. The Bertz CT molecular complexity index is 963. The quantitative estimate of drug-likeness (QED) is 0.756. The number of amides is 1. The van der Waals surface area contributed by atoms with E-state index in [1.54, 1.807) is 24.3 Å². The number of para-hydroxylation sites is 1. The highest BCUT2D eigenvalue weighted by Crippen LogP contribution is 2.28. The molecule has 0 aliphatic carbocycles. The maximum absolute atomic E-state index is 12.5. The van der Waals surface area contributed by atoms with Crippen molar-refractivity contribution in [2.75, 3.05) is 5.32 Å². The van der Waals surface area contributed by atoms with Gasteiger partial charge in [0.25, 0.3) is 5.91 Å². The summed E-state index contributed by atoms with van der Waals surface area (Å²) in [5, 5.41) is 2.64. The van der Waals surface area contributed by atoms with E-state index in [2.05, 4.69) is 15.3 Å². The van der Waals surface area contributed by atoms with Crippen LogP contribution in [0.1, 0.15) is 15.9 Å². The Labute approximate surface area is 133 Å². The zero-order chi connectivity index (χ0) is 17.3. The molecule has 2 N–H and O–H groups in total. The summed E-state index contributed by atoms with van der Waals surface area (Å²) in [4.78, 5) is 30.8. The summed E-state index contributed by atoms with van der Waals surface area (Å²) in [6, 6.07) is 8.49. The summed E-state index contributed by atoms with van der Waals surface area (Å²) in [5.74, 6) is -0.838. The molecule has 0 saturated carbocycles. The third kappa shape index (κ3) is 2.98. The number of carbonyl (C=O) groups is 1. The number of nitrogens with one attached hydrogen (secondary N) is 2. The highest BCUT2D eigenvalue weighted by Gasteiger charge is 2.30. The Kier molecular flexibility index (Phi) is 3.80. The lowest BCUT2D eigenvalue weighted by Crippen LogP contribution is -2.22. The zero-order valence-corrected chi connectivity index (χ0v) is 12.0. The molecule has 0 saturated heterocycles. The van der Waals surface area contributed by atoms with Crippen molar-refractivity contribution in [1.82, 2.24) is 9.97 Å². The van der Waals surface area contributed by atoms with Gasteiger partial charge in [0.2, 0.25) is 5.43 Å². The predicted molar refractivity (Wildman–Crippen MR) is 81.8 cm³/mol. The monoisotopic (exact) mass is 333 g/mol. The third-order valence-corrected chi connectivity index (χ3v) is 3.37. The van der Waals surface area contributed by atoms with Crippen LogP contribution in [0.25, 0.3) is 10.9 Å². The van der Waals surface area contributed by atoms with Crippen LogP contribution in [0, 0.1) is 0 Å². The molecule has 0 atom stereocenters. The van der Waals surface area contributed by atoms with Crippen molar-refractivity contribution >= 4 is 22.6 Å². The number of rotatable bonds is 2. The average molecular weight is 333 g/mol. The van der Waals surface area contributed by atoms with Gasteiger partial charge in [-0.1, -0.05) is 12.1 Å². The lowest BCUT2D eigenvalue weighted by Gasteiger charge is -2.08. The number of carbonyl (C=O) groups excluding carboxylic acids is 1. The number of fused-ring (bicyclic) bond motifs is 1. The number of nitrogens with zero attached hydrogens (tertiary/aromatic N) is 1. The molecule has 0 spiro atoms. The summed E-state index contributed by atoms with van der Waals surface area (Å²) in [5.41, 5.74) is -0.986. The van der Waals surface area contributed by atoms with Gasteiger partial charge < -0.3 is 10.3 Å². The van der Waals surface area contributed by atoms with Crippen molar-refractivity contribution in [2.45, 2.75) is 6.18 Å². The number of pyridine rings is 2. The van der Waals surface area contributed by atoms with Gasteiger partial charge in [0, 0.05) is 23.3 Å². The average Bonchev–Trinajstić information content (AvgIpc) is 2.55. The second kappa shape index (κ2) is 5.80. The lowest BCUT2D eigenvalue weighted by atomic mass is 10.1. The van der Waals surface area contributed by atoms with Crippen molar-refractivity contribution in [3.05, 3.63) is 70.1 Å². The van der Waals surface area contributed by atoms with Gasteiger partial charge in [-0.05, 0) is 24.3 Å². The molecule has 0 unspecified atom stereocenters. The van der Waals surface area contributed by atoms with Crippen LogP contribution in [0.15, 0.2) is 53.6 Å². The minimum atomic E-state index is -4.51. The normalized spacial score (nSPS) is 11.5. The van der Waals surface area contributed by atoms with Crippen molar-refractivity contribution in [3.8, 4) is 0 Å². The molecule has 0 fully saturated rings. The molecule has 5 nitrogen and oxygen atoms in total. The maximum atomic E-state index is 12.5. The number of aromatic amines is 1. The number of aromatic nitrogens is 2. The fourth-order valence-corrected chi connectivity index (χ4v) is 2.16. The predicted octanol–water partition coefficient (Wildman–Crippen LogP) is 3.19. The van der Waals surface area contributed by atoms with E-state index in [9.17, 15) is 22.8 Å². The van der Waals surface area contributed by atoms with Gasteiger partial charge in [-0.15, -0.1) is 0 Å². The smallest absolute Gasteiger partial charge is 0.360 e. The summed E-state index contributed by atoms with van der Waals surface area (Å²) in [6.07, 6.45) is -2.64. The van der Waals surface area contributed by atoms with Crippen LogP contribution in [-0.2, 0) is 6.18 Å². The number of hydrogen-bond acceptors (Lipinski definition) is 3. The van der Waals surface area contributed by atoms with E-state index in [4.69, 9.17) is 0 Å². The van der Waals surface area contributed by atoms with Crippen LogP contribution in [0.3, 0.4) is 0 Å². The summed E-state index contributed by atoms with van der Waals surface area (Å²) < 4.78 is 37.4. The Hall–Kier alpha value is -3.16. The number of halogens is 3. The molecule has 1 amide bonds. The first-order chi connectivity index (χ1) is 11.4. The third-order valence-electron chi connectivity index (χ3n) is 3.37. The Morgan fingerprint density at radius 2 is 1.88 bits per heavy atom. The Morgan fingerprint density at radius 3 is 2.54 bits per heavy atom. The van der Waals surface area contributed by atoms with Crippen molar-refractivity contribution < 1.29 is 18.0 Å². The van der Waals surface area contributed by atoms with Gasteiger partial charge in [-0.25, -0.2) is 4.98 Å². The fraction of sp³-hybridized carbons (Fsp3) is 0.0625. The zero-order valence-electron chi connectivity index (χ0n) is 12.0. The van der Waals surface area contributed by atoms with Crippen LogP contribution in [0.2, 0.25) is 0 Å². The minimum absolute atomic E-state index is 0.0828. The topological polar surface area (TPSA) is 74.8 Å². The number of alkyl halides is 3. The highest BCUT2D eigenvalue weighted by atomic mass is 19.4. The summed E-state index contributed by atoms with van der Waals surface area (Å²) in [7, 11) is 0. The van der Waals surface area contributed by atoms with E-state index in [-0.39, 0.29) is 11.4 Å². The second-order valence-electron chi connectivity index (χ2n) is 4.96. The van der Waals surface area contributed by atoms with E-state index in [1.165, 1.54) is 6.20 Å². The number of hydrogen-bond donors (Lipinski definition) is 2. The van der Waals surface area contributed by atoms with Crippen molar-refractivity contribution in [2.24, 2.45) is 0 Å². The standard InChI is InChI=1S/C16H10F3N3O2/c17-16(18,19)9-5-6-13(21-7-9)22-15(24)11-8-20-12-4-2-1-3-10(12)14(11)23/h1-8H,(H,20,23)(H,21,22,24). The Morgan fingerprint density at radius 1 is 1.12 bits per heavy atom. The summed E-state index contributed by atoms with van der Waals surface area (Å²) >= 11 is 0. The molecule has 0 aliphatic rings. The van der Waals surface area contributed by atoms with Crippen LogP contribution in [0.5, 0.6) is 0 Å². The first-order valence-corrected chi connectivity index (χ1v) is 6.81. The fourth-order valence-electron chi connectivity index (χ4n) is 2.16. The number of H-pyrrole nitrogens is 1.